The molecule has 1 unspecified atom stereocenters. The number of aryl methyl sites for hydroxylation is 1. The van der Waals surface area contributed by atoms with Crippen LogP contribution in [0.4, 0.5) is 0 Å². The van der Waals surface area contributed by atoms with Crippen LogP contribution in [0, 0.1) is 0 Å². The number of carbonyl (C=O) groups is 1. The molecule has 0 amide bonds. The van der Waals surface area contributed by atoms with Crippen molar-refractivity contribution in [2.24, 2.45) is 0 Å². The van der Waals surface area contributed by atoms with E-state index < -0.39 is 0 Å². The van der Waals surface area contributed by atoms with Crippen LogP contribution in [-0.2, 0) is 11.2 Å². The van der Waals surface area contributed by atoms with E-state index in [2.05, 4.69) is 6.92 Å². The molecular weight excluding hydrogens is 216 g/mol. The van der Waals surface area contributed by atoms with Crippen molar-refractivity contribution in [3.05, 3.63) is 29.3 Å². The van der Waals surface area contributed by atoms with Crippen molar-refractivity contribution in [3.8, 4) is 5.75 Å². The quantitative estimate of drug-likeness (QED) is 0.735. The molecule has 2 rings (SSSR count). The molecule has 3 nitrogen and oxygen atoms in total. The molecule has 1 heterocycles. The Morgan fingerprint density at radius 2 is 2.41 bits per heavy atom. The molecule has 1 atom stereocenters. The van der Waals surface area contributed by atoms with Crippen LogP contribution >= 0.6 is 0 Å². The molecule has 0 radical (unpaired) electrons. The van der Waals surface area contributed by atoms with Gasteiger partial charge in [0.15, 0.2) is 6.29 Å². The van der Waals surface area contributed by atoms with E-state index in [0.29, 0.717) is 17.9 Å². The highest BCUT2D eigenvalue weighted by atomic mass is 16.5. The van der Waals surface area contributed by atoms with E-state index in [1.807, 2.05) is 18.2 Å². The van der Waals surface area contributed by atoms with Gasteiger partial charge >= 0.3 is 0 Å². The van der Waals surface area contributed by atoms with Crippen LogP contribution < -0.4 is 4.74 Å². The molecule has 1 aliphatic rings. The van der Waals surface area contributed by atoms with Crippen molar-refractivity contribution in [3.63, 3.8) is 0 Å². The van der Waals surface area contributed by atoms with Crippen molar-refractivity contribution >= 4 is 6.29 Å². The zero-order valence-corrected chi connectivity index (χ0v) is 10.1. The van der Waals surface area contributed by atoms with E-state index in [0.717, 1.165) is 37.7 Å². The summed E-state index contributed by atoms with van der Waals surface area (Å²) in [4.78, 5) is 11.0. The number of ether oxygens (including phenoxy) is 2. The molecule has 0 aromatic heterocycles. The highest BCUT2D eigenvalue weighted by molar-refractivity contribution is 5.79. The molecule has 92 valence electrons. The van der Waals surface area contributed by atoms with Gasteiger partial charge in [-0.2, -0.15) is 0 Å². The SMILES string of the molecule is CCc1ccc(OCC2CCCO2)c(C=O)c1. The Balaban J connectivity index is 2.01. The van der Waals surface area contributed by atoms with E-state index in [-0.39, 0.29) is 6.10 Å². The first kappa shape index (κ1) is 12.1. The summed E-state index contributed by atoms with van der Waals surface area (Å²) < 4.78 is 11.1. The molecular formula is C14H18O3. The number of rotatable bonds is 5. The molecule has 17 heavy (non-hydrogen) atoms. The fourth-order valence-corrected chi connectivity index (χ4v) is 2.00. The summed E-state index contributed by atoms with van der Waals surface area (Å²) in [6.07, 6.45) is 4.10. The van der Waals surface area contributed by atoms with Crippen LogP contribution in [-0.4, -0.2) is 25.6 Å². The largest absolute Gasteiger partial charge is 0.490 e. The van der Waals surface area contributed by atoms with Crippen LogP contribution in [0.1, 0.15) is 35.7 Å². The predicted molar refractivity (Wildman–Crippen MR) is 65.7 cm³/mol. The predicted octanol–water partition coefficient (Wildman–Crippen LogP) is 2.62. The molecule has 1 aliphatic heterocycles. The average molecular weight is 234 g/mol. The Kier molecular flexibility index (Phi) is 4.15. The minimum absolute atomic E-state index is 0.181. The lowest BCUT2D eigenvalue weighted by molar-refractivity contribution is 0.0675. The molecule has 0 bridgehead atoms. The van der Waals surface area contributed by atoms with Crippen molar-refractivity contribution in [1.29, 1.82) is 0 Å². The van der Waals surface area contributed by atoms with Gasteiger partial charge in [-0.15, -0.1) is 0 Å². The van der Waals surface area contributed by atoms with E-state index in [1.54, 1.807) is 0 Å². The number of hydrogen-bond acceptors (Lipinski definition) is 3. The second-order valence-corrected chi connectivity index (χ2v) is 4.29. The average Bonchev–Trinajstić information content (AvgIpc) is 2.89. The van der Waals surface area contributed by atoms with Crippen molar-refractivity contribution in [2.75, 3.05) is 13.2 Å². The second kappa shape index (κ2) is 5.82. The van der Waals surface area contributed by atoms with Crippen LogP contribution in [0.5, 0.6) is 5.75 Å². The maximum absolute atomic E-state index is 11.0. The molecule has 3 heteroatoms. The third kappa shape index (κ3) is 3.07. The highest BCUT2D eigenvalue weighted by Crippen LogP contribution is 2.21. The fourth-order valence-electron chi connectivity index (χ4n) is 2.00. The van der Waals surface area contributed by atoms with Gasteiger partial charge in [-0.3, -0.25) is 4.79 Å². The molecule has 0 saturated carbocycles. The van der Waals surface area contributed by atoms with Crippen molar-refractivity contribution in [2.45, 2.75) is 32.3 Å². The molecule has 0 aliphatic carbocycles. The van der Waals surface area contributed by atoms with E-state index in [1.165, 1.54) is 0 Å². The maximum Gasteiger partial charge on any atom is 0.153 e. The standard InChI is InChI=1S/C14H18O3/c1-2-11-5-6-14(12(8-11)9-15)17-10-13-4-3-7-16-13/h5-6,8-9,13H,2-4,7,10H2,1H3. The summed E-state index contributed by atoms with van der Waals surface area (Å²) in [5.41, 5.74) is 1.78. The van der Waals surface area contributed by atoms with Gasteiger partial charge in [0.25, 0.3) is 0 Å². The topological polar surface area (TPSA) is 35.5 Å². The van der Waals surface area contributed by atoms with Gasteiger partial charge in [0.05, 0.1) is 11.7 Å². The van der Waals surface area contributed by atoms with Crippen molar-refractivity contribution in [1.82, 2.24) is 0 Å². The summed E-state index contributed by atoms with van der Waals surface area (Å²) in [5.74, 6) is 0.660. The zero-order chi connectivity index (χ0) is 12.1. The molecule has 1 saturated heterocycles. The highest BCUT2D eigenvalue weighted by Gasteiger charge is 2.16. The van der Waals surface area contributed by atoms with Gasteiger partial charge in [0.1, 0.15) is 12.4 Å². The van der Waals surface area contributed by atoms with Gasteiger partial charge in [0.2, 0.25) is 0 Å². The monoisotopic (exact) mass is 234 g/mol. The minimum atomic E-state index is 0.181. The molecule has 1 fully saturated rings. The molecule has 1 aromatic carbocycles. The first-order valence-corrected chi connectivity index (χ1v) is 6.16. The van der Waals surface area contributed by atoms with Crippen LogP contribution in [0.25, 0.3) is 0 Å². The first-order chi connectivity index (χ1) is 8.33. The van der Waals surface area contributed by atoms with Crippen molar-refractivity contribution < 1.29 is 14.3 Å². The smallest absolute Gasteiger partial charge is 0.153 e. The lowest BCUT2D eigenvalue weighted by Crippen LogP contribution is -2.16. The Bertz CT molecular complexity index is 381. The number of benzene rings is 1. The Morgan fingerprint density at radius 1 is 1.53 bits per heavy atom. The van der Waals surface area contributed by atoms with E-state index >= 15 is 0 Å². The molecule has 0 N–H and O–H groups in total. The van der Waals surface area contributed by atoms with Gasteiger partial charge in [0, 0.05) is 6.61 Å². The molecule has 1 aromatic rings. The van der Waals surface area contributed by atoms with Gasteiger partial charge in [-0.25, -0.2) is 0 Å². The summed E-state index contributed by atoms with van der Waals surface area (Å²) in [6.45, 7) is 3.42. The summed E-state index contributed by atoms with van der Waals surface area (Å²) >= 11 is 0. The van der Waals surface area contributed by atoms with Crippen LogP contribution in [0.15, 0.2) is 18.2 Å². The number of hydrogen-bond donors (Lipinski definition) is 0. The van der Waals surface area contributed by atoms with E-state index in [4.69, 9.17) is 9.47 Å². The lowest BCUT2D eigenvalue weighted by Gasteiger charge is -2.13. The van der Waals surface area contributed by atoms with Crippen LogP contribution in [0.2, 0.25) is 0 Å². The minimum Gasteiger partial charge on any atom is -0.490 e. The van der Waals surface area contributed by atoms with Gasteiger partial charge < -0.3 is 9.47 Å². The van der Waals surface area contributed by atoms with Crippen LogP contribution in [0.3, 0.4) is 0 Å². The Morgan fingerprint density at radius 3 is 3.06 bits per heavy atom. The summed E-state index contributed by atoms with van der Waals surface area (Å²) in [5, 5.41) is 0. The lowest BCUT2D eigenvalue weighted by atomic mass is 10.1. The summed E-state index contributed by atoms with van der Waals surface area (Å²) in [7, 11) is 0. The van der Waals surface area contributed by atoms with Gasteiger partial charge in [-0.05, 0) is 37.0 Å². The number of carbonyl (C=O) groups excluding carboxylic acids is 1. The second-order valence-electron chi connectivity index (χ2n) is 4.29. The van der Waals surface area contributed by atoms with E-state index in [9.17, 15) is 4.79 Å². The Hall–Kier alpha value is -1.35. The normalized spacial score (nSPS) is 19.2. The third-order valence-corrected chi connectivity index (χ3v) is 3.06. The zero-order valence-electron chi connectivity index (χ0n) is 10.1. The third-order valence-electron chi connectivity index (χ3n) is 3.06. The first-order valence-electron chi connectivity index (χ1n) is 6.16. The number of aldehydes is 1. The fraction of sp³-hybridized carbons (Fsp3) is 0.500. The maximum atomic E-state index is 11.0. The molecule has 0 spiro atoms. The van der Waals surface area contributed by atoms with Gasteiger partial charge in [-0.1, -0.05) is 13.0 Å². The summed E-state index contributed by atoms with van der Waals surface area (Å²) in [6, 6.07) is 5.76. The Labute approximate surface area is 102 Å².